The average Bonchev–Trinajstić information content (AvgIpc) is 2.61. The molecule has 27 heavy (non-hydrogen) atoms. The van der Waals surface area contributed by atoms with E-state index in [9.17, 15) is 19.8 Å². The van der Waals surface area contributed by atoms with Gasteiger partial charge in [0.15, 0.2) is 11.5 Å². The fourth-order valence-electron chi connectivity index (χ4n) is 2.19. The van der Waals surface area contributed by atoms with Crippen molar-refractivity contribution in [2.45, 2.75) is 64.7 Å². The van der Waals surface area contributed by atoms with Crippen LogP contribution in [0.1, 0.15) is 45.6 Å². The number of benzene rings is 1. The molecule has 3 atom stereocenters. The molecule has 0 aromatic heterocycles. The predicted molar refractivity (Wildman–Crippen MR) is 98.4 cm³/mol. The quantitative estimate of drug-likeness (QED) is 0.319. The van der Waals surface area contributed by atoms with Crippen molar-refractivity contribution in [2.75, 3.05) is 6.61 Å². The van der Waals surface area contributed by atoms with Gasteiger partial charge in [-0.2, -0.15) is 0 Å². The summed E-state index contributed by atoms with van der Waals surface area (Å²) in [6, 6.07) is 3.22. The molecule has 8 heteroatoms. The number of carbonyl (C=O) groups is 2. The van der Waals surface area contributed by atoms with Crippen molar-refractivity contribution in [3.8, 4) is 11.5 Å². The van der Waals surface area contributed by atoms with Gasteiger partial charge in [0, 0.05) is 0 Å². The fraction of sp³-hybridized carbons (Fsp3) is 0.579. The number of esters is 1. The Hall–Kier alpha value is -2.48. The summed E-state index contributed by atoms with van der Waals surface area (Å²) in [5.74, 6) is -1.21. The molecule has 0 unspecified atom stereocenters. The van der Waals surface area contributed by atoms with E-state index in [1.165, 1.54) is 12.1 Å². The molecule has 1 aromatic rings. The van der Waals surface area contributed by atoms with Crippen molar-refractivity contribution in [2.24, 2.45) is 5.73 Å². The molecule has 152 valence electrons. The zero-order chi connectivity index (χ0) is 20.4. The van der Waals surface area contributed by atoms with E-state index in [1.54, 1.807) is 19.9 Å². The third kappa shape index (κ3) is 8.17. The van der Waals surface area contributed by atoms with E-state index in [2.05, 4.69) is 0 Å². The van der Waals surface area contributed by atoms with Crippen molar-refractivity contribution in [3.63, 3.8) is 0 Å². The lowest BCUT2D eigenvalue weighted by atomic mass is 10.1. The van der Waals surface area contributed by atoms with Crippen LogP contribution in [0.2, 0.25) is 0 Å². The summed E-state index contributed by atoms with van der Waals surface area (Å²) in [5.41, 5.74) is 6.40. The number of rotatable bonds is 10. The van der Waals surface area contributed by atoms with Gasteiger partial charge in [-0.15, -0.1) is 0 Å². The first-order chi connectivity index (χ1) is 12.7. The van der Waals surface area contributed by atoms with Crippen LogP contribution in [0, 0.1) is 0 Å². The minimum atomic E-state index is -0.968. The minimum Gasteiger partial charge on any atom is -0.504 e. The van der Waals surface area contributed by atoms with E-state index in [1.807, 2.05) is 6.92 Å². The lowest BCUT2D eigenvalue weighted by Gasteiger charge is -2.22. The van der Waals surface area contributed by atoms with Crippen LogP contribution >= 0.6 is 0 Å². The highest BCUT2D eigenvalue weighted by Crippen LogP contribution is 2.25. The molecule has 0 saturated carbocycles. The Morgan fingerprint density at radius 2 is 1.74 bits per heavy atom. The van der Waals surface area contributed by atoms with Crippen LogP contribution in [0.5, 0.6) is 11.5 Å². The smallest absolute Gasteiger partial charge is 0.504 e. The Bertz CT molecular complexity index is 620. The highest BCUT2D eigenvalue weighted by molar-refractivity contribution is 5.76. The first-order valence-corrected chi connectivity index (χ1v) is 9.04. The average molecular weight is 383 g/mol. The second-order valence-electron chi connectivity index (χ2n) is 6.40. The molecule has 8 nitrogen and oxygen atoms in total. The van der Waals surface area contributed by atoms with Crippen molar-refractivity contribution in [1.29, 1.82) is 0 Å². The molecule has 4 N–H and O–H groups in total. The number of hydrogen-bond donors (Lipinski definition) is 3. The maximum atomic E-state index is 12.1. The van der Waals surface area contributed by atoms with Gasteiger partial charge < -0.3 is 30.2 Å². The molecule has 0 aliphatic rings. The summed E-state index contributed by atoms with van der Waals surface area (Å²) < 4.78 is 15.3. The number of carbonyl (C=O) groups excluding carboxylic acids is 2. The molecule has 0 heterocycles. The van der Waals surface area contributed by atoms with Gasteiger partial charge in [0.25, 0.3) is 0 Å². The standard InChI is InChI=1S/C19H29NO7/c1-4-5-6-9-25-19(24)27-13(3)12(2)26-18(23)15(20)10-14-7-8-16(21)17(22)11-14/h7-8,11-13,15,21-22H,4-6,9-10,20H2,1-3H3/t12-,13-,15-/m0/s1. The van der Waals surface area contributed by atoms with Gasteiger partial charge in [-0.05, 0) is 44.4 Å². The predicted octanol–water partition coefficient (Wildman–Crippen LogP) is 2.63. The van der Waals surface area contributed by atoms with Crippen molar-refractivity contribution in [1.82, 2.24) is 0 Å². The molecule has 0 radical (unpaired) electrons. The number of unbranched alkanes of at least 4 members (excludes halogenated alkanes) is 2. The van der Waals surface area contributed by atoms with E-state index in [4.69, 9.17) is 19.9 Å². The van der Waals surface area contributed by atoms with Gasteiger partial charge in [-0.25, -0.2) is 4.79 Å². The van der Waals surface area contributed by atoms with Crippen molar-refractivity contribution in [3.05, 3.63) is 23.8 Å². The molecular formula is C19H29NO7. The molecule has 0 aliphatic heterocycles. The Labute approximate surface area is 159 Å². The number of hydrogen-bond acceptors (Lipinski definition) is 8. The third-order valence-corrected chi connectivity index (χ3v) is 4.01. The normalized spacial score (nSPS) is 14.1. The zero-order valence-electron chi connectivity index (χ0n) is 16.0. The second-order valence-corrected chi connectivity index (χ2v) is 6.40. The van der Waals surface area contributed by atoms with Gasteiger partial charge >= 0.3 is 12.1 Å². The van der Waals surface area contributed by atoms with E-state index < -0.39 is 30.4 Å². The SMILES string of the molecule is CCCCCOC(=O)O[C@@H](C)[C@H](C)OC(=O)[C@@H](N)Cc1ccc(O)c(O)c1. The van der Waals surface area contributed by atoms with E-state index in [0.717, 1.165) is 19.3 Å². The largest absolute Gasteiger partial charge is 0.508 e. The van der Waals surface area contributed by atoms with Gasteiger partial charge in [-0.3, -0.25) is 4.79 Å². The summed E-state index contributed by atoms with van der Waals surface area (Å²) in [5, 5.41) is 18.8. The molecule has 0 amide bonds. The minimum absolute atomic E-state index is 0.119. The highest BCUT2D eigenvalue weighted by Gasteiger charge is 2.24. The molecule has 0 fully saturated rings. The number of aromatic hydroxyl groups is 2. The topological polar surface area (TPSA) is 128 Å². The molecule has 0 saturated heterocycles. The Morgan fingerprint density at radius 3 is 2.37 bits per heavy atom. The van der Waals surface area contributed by atoms with E-state index in [0.29, 0.717) is 5.56 Å². The van der Waals surface area contributed by atoms with Crippen molar-refractivity contribution >= 4 is 12.1 Å². The molecule has 0 bridgehead atoms. The fourth-order valence-corrected chi connectivity index (χ4v) is 2.19. The number of ether oxygens (including phenoxy) is 3. The van der Waals surface area contributed by atoms with Crippen LogP contribution in [0.25, 0.3) is 0 Å². The van der Waals surface area contributed by atoms with Crippen LogP contribution in [0.4, 0.5) is 4.79 Å². The molecule has 1 aromatic carbocycles. The van der Waals surface area contributed by atoms with Gasteiger partial charge in [-0.1, -0.05) is 25.8 Å². The molecule has 1 rings (SSSR count). The molecule has 0 aliphatic carbocycles. The summed E-state index contributed by atoms with van der Waals surface area (Å²) in [6.07, 6.45) is 0.669. The number of nitrogens with two attached hydrogens (primary N) is 1. The summed E-state index contributed by atoms with van der Waals surface area (Å²) >= 11 is 0. The van der Waals surface area contributed by atoms with Crippen LogP contribution in [0.3, 0.4) is 0 Å². The van der Waals surface area contributed by atoms with Crippen LogP contribution in [-0.4, -0.2) is 47.2 Å². The zero-order valence-corrected chi connectivity index (χ0v) is 16.0. The van der Waals surface area contributed by atoms with Gasteiger partial charge in [0.1, 0.15) is 18.2 Å². The van der Waals surface area contributed by atoms with Crippen LogP contribution in [-0.2, 0) is 25.4 Å². The summed E-state index contributed by atoms with van der Waals surface area (Å²) in [6.45, 7) is 5.52. The number of phenolic OH excluding ortho intramolecular Hbond substituents is 2. The first kappa shape index (κ1) is 22.6. The maximum Gasteiger partial charge on any atom is 0.508 e. The van der Waals surface area contributed by atoms with Crippen molar-refractivity contribution < 1.29 is 34.0 Å². The molecule has 0 spiro atoms. The van der Waals surface area contributed by atoms with E-state index >= 15 is 0 Å². The Balaban J connectivity index is 2.42. The second kappa shape index (κ2) is 11.3. The van der Waals surface area contributed by atoms with Gasteiger partial charge in [0.2, 0.25) is 0 Å². The number of phenols is 2. The first-order valence-electron chi connectivity index (χ1n) is 9.04. The maximum absolute atomic E-state index is 12.1. The summed E-state index contributed by atoms with van der Waals surface area (Å²) in [4.78, 5) is 23.7. The van der Waals surface area contributed by atoms with Crippen LogP contribution in [0.15, 0.2) is 18.2 Å². The molecular weight excluding hydrogens is 354 g/mol. The van der Waals surface area contributed by atoms with Crippen LogP contribution < -0.4 is 5.73 Å². The lowest BCUT2D eigenvalue weighted by molar-refractivity contribution is -0.155. The summed E-state index contributed by atoms with van der Waals surface area (Å²) in [7, 11) is 0. The Kier molecular flexibility index (Phi) is 9.42. The highest BCUT2D eigenvalue weighted by atomic mass is 16.7. The third-order valence-electron chi connectivity index (χ3n) is 4.01. The Morgan fingerprint density at radius 1 is 1.07 bits per heavy atom. The monoisotopic (exact) mass is 383 g/mol. The van der Waals surface area contributed by atoms with E-state index in [-0.39, 0.29) is 24.5 Å². The van der Waals surface area contributed by atoms with Gasteiger partial charge in [0.05, 0.1) is 6.61 Å². The lowest BCUT2D eigenvalue weighted by Crippen LogP contribution is -2.39.